The summed E-state index contributed by atoms with van der Waals surface area (Å²) in [7, 11) is 1.86. The number of hydrogen-bond donors (Lipinski definition) is 2. The zero-order chi connectivity index (χ0) is 16.7. The second-order valence-electron chi connectivity index (χ2n) is 4.91. The molecule has 0 aliphatic rings. The Morgan fingerprint density at radius 1 is 1.38 bits per heavy atom. The summed E-state index contributed by atoms with van der Waals surface area (Å²) in [5.41, 5.74) is 1.16. The molecule has 0 saturated carbocycles. The number of aryl methyl sites for hydroxylation is 1. The number of aromatic nitrogens is 3. The lowest BCUT2D eigenvalue weighted by Crippen LogP contribution is -2.38. The fraction of sp³-hybridized carbons (Fsp3) is 0.400. The second kappa shape index (κ2) is 10.9. The summed E-state index contributed by atoms with van der Waals surface area (Å²) < 4.78 is 2.78. The highest BCUT2D eigenvalue weighted by Gasteiger charge is 2.04. The molecular formula is C15H21BrClIN6. The molecule has 24 heavy (non-hydrogen) atoms. The van der Waals surface area contributed by atoms with E-state index in [9.17, 15) is 0 Å². The third-order valence-electron chi connectivity index (χ3n) is 3.22. The van der Waals surface area contributed by atoms with Gasteiger partial charge >= 0.3 is 0 Å². The number of benzene rings is 1. The summed E-state index contributed by atoms with van der Waals surface area (Å²) in [5, 5.41) is 11.3. The van der Waals surface area contributed by atoms with E-state index < -0.39 is 0 Å². The van der Waals surface area contributed by atoms with Crippen LogP contribution >= 0.6 is 51.5 Å². The van der Waals surface area contributed by atoms with Crippen molar-refractivity contribution in [2.75, 3.05) is 13.1 Å². The molecule has 1 aromatic carbocycles. The lowest BCUT2D eigenvalue weighted by atomic mass is 10.1. The van der Waals surface area contributed by atoms with Crippen molar-refractivity contribution in [2.45, 2.75) is 19.9 Å². The summed E-state index contributed by atoms with van der Waals surface area (Å²) in [6.45, 7) is 4.06. The number of halogens is 3. The molecule has 9 heteroatoms. The quantitative estimate of drug-likeness (QED) is 0.344. The van der Waals surface area contributed by atoms with Crippen molar-refractivity contribution in [1.29, 1.82) is 0 Å². The SMILES string of the molecule is CCNC(=NCc1ncnn1C)NCCc1cc(Cl)ccc1Br.I. The van der Waals surface area contributed by atoms with Gasteiger partial charge in [-0.3, -0.25) is 4.68 Å². The Morgan fingerprint density at radius 2 is 2.17 bits per heavy atom. The summed E-state index contributed by atoms with van der Waals surface area (Å²) in [5.74, 6) is 1.58. The molecule has 0 unspecified atom stereocenters. The lowest BCUT2D eigenvalue weighted by molar-refractivity contribution is 0.697. The van der Waals surface area contributed by atoms with Crippen molar-refractivity contribution in [3.8, 4) is 0 Å². The summed E-state index contributed by atoms with van der Waals surface area (Å²) in [6, 6.07) is 5.80. The first-order chi connectivity index (χ1) is 11.1. The fourth-order valence-corrected chi connectivity index (χ4v) is 2.64. The molecule has 0 radical (unpaired) electrons. The van der Waals surface area contributed by atoms with E-state index >= 15 is 0 Å². The predicted molar refractivity (Wildman–Crippen MR) is 112 cm³/mol. The minimum atomic E-state index is 0. The Kier molecular flexibility index (Phi) is 9.60. The second-order valence-corrected chi connectivity index (χ2v) is 6.20. The van der Waals surface area contributed by atoms with Crippen molar-refractivity contribution in [2.24, 2.45) is 12.0 Å². The Morgan fingerprint density at radius 3 is 2.83 bits per heavy atom. The van der Waals surface area contributed by atoms with Crippen LogP contribution < -0.4 is 10.6 Å². The minimum Gasteiger partial charge on any atom is -0.357 e. The summed E-state index contributed by atoms with van der Waals surface area (Å²) >= 11 is 9.58. The van der Waals surface area contributed by atoms with E-state index in [-0.39, 0.29) is 24.0 Å². The Labute approximate surface area is 172 Å². The van der Waals surface area contributed by atoms with E-state index in [0.717, 1.165) is 46.4 Å². The summed E-state index contributed by atoms with van der Waals surface area (Å²) in [6.07, 6.45) is 2.37. The van der Waals surface area contributed by atoms with Crippen molar-refractivity contribution in [3.63, 3.8) is 0 Å². The van der Waals surface area contributed by atoms with Gasteiger partial charge < -0.3 is 10.6 Å². The molecule has 2 aromatic rings. The van der Waals surface area contributed by atoms with Gasteiger partial charge in [0.15, 0.2) is 5.96 Å². The van der Waals surface area contributed by atoms with E-state index in [2.05, 4.69) is 41.6 Å². The molecule has 0 atom stereocenters. The third kappa shape index (κ3) is 6.56. The van der Waals surface area contributed by atoms with Gasteiger partial charge in [-0.25, -0.2) is 9.98 Å². The van der Waals surface area contributed by atoms with Crippen LogP contribution in [0.25, 0.3) is 0 Å². The van der Waals surface area contributed by atoms with Gasteiger partial charge in [-0.1, -0.05) is 27.5 Å². The lowest BCUT2D eigenvalue weighted by Gasteiger charge is -2.12. The monoisotopic (exact) mass is 526 g/mol. The topological polar surface area (TPSA) is 67.1 Å². The Bertz CT molecular complexity index is 676. The molecule has 0 amide bonds. The van der Waals surface area contributed by atoms with Crippen LogP contribution in [0.2, 0.25) is 5.02 Å². The molecule has 1 aromatic heterocycles. The average molecular weight is 528 g/mol. The molecule has 1 heterocycles. The molecule has 0 bridgehead atoms. The molecule has 6 nitrogen and oxygen atoms in total. The van der Waals surface area contributed by atoms with E-state index in [1.54, 1.807) is 4.68 Å². The van der Waals surface area contributed by atoms with Crippen LogP contribution in [0.1, 0.15) is 18.3 Å². The van der Waals surface area contributed by atoms with Crippen LogP contribution in [-0.4, -0.2) is 33.8 Å². The van der Waals surface area contributed by atoms with Crippen LogP contribution in [0.3, 0.4) is 0 Å². The van der Waals surface area contributed by atoms with E-state index in [1.807, 2.05) is 32.2 Å². The van der Waals surface area contributed by atoms with Crippen LogP contribution in [0, 0.1) is 0 Å². The van der Waals surface area contributed by atoms with Gasteiger partial charge in [-0.15, -0.1) is 24.0 Å². The van der Waals surface area contributed by atoms with Gasteiger partial charge in [0, 0.05) is 29.6 Å². The highest BCUT2D eigenvalue weighted by atomic mass is 127. The number of nitrogens with zero attached hydrogens (tertiary/aromatic N) is 4. The smallest absolute Gasteiger partial charge is 0.191 e. The number of aliphatic imine (C=N–C) groups is 1. The number of nitrogens with one attached hydrogen (secondary N) is 2. The minimum absolute atomic E-state index is 0. The maximum absolute atomic E-state index is 6.04. The number of guanidine groups is 1. The fourth-order valence-electron chi connectivity index (χ4n) is 2.01. The van der Waals surface area contributed by atoms with Gasteiger partial charge in [0.1, 0.15) is 18.7 Å². The maximum Gasteiger partial charge on any atom is 0.191 e. The molecule has 0 spiro atoms. The highest BCUT2D eigenvalue weighted by Crippen LogP contribution is 2.21. The van der Waals surface area contributed by atoms with Crippen molar-refractivity contribution in [1.82, 2.24) is 25.4 Å². The van der Waals surface area contributed by atoms with Gasteiger partial charge in [0.2, 0.25) is 0 Å². The Balaban J connectivity index is 0.00000288. The number of rotatable bonds is 6. The van der Waals surface area contributed by atoms with Crippen molar-refractivity contribution >= 4 is 57.5 Å². The molecular weight excluding hydrogens is 506 g/mol. The normalized spacial score (nSPS) is 11.1. The molecule has 0 aliphatic carbocycles. The molecule has 0 aliphatic heterocycles. The van der Waals surface area contributed by atoms with Gasteiger partial charge in [-0.2, -0.15) is 5.10 Å². The number of hydrogen-bond acceptors (Lipinski definition) is 3. The van der Waals surface area contributed by atoms with Crippen molar-refractivity contribution < 1.29 is 0 Å². The first-order valence-corrected chi connectivity index (χ1v) is 8.56. The van der Waals surface area contributed by atoms with E-state index in [0.29, 0.717) is 6.54 Å². The van der Waals surface area contributed by atoms with E-state index in [4.69, 9.17) is 11.6 Å². The zero-order valence-electron chi connectivity index (χ0n) is 13.6. The van der Waals surface area contributed by atoms with Gasteiger partial charge in [0.25, 0.3) is 0 Å². The van der Waals surface area contributed by atoms with Gasteiger partial charge in [0.05, 0.1) is 0 Å². The van der Waals surface area contributed by atoms with Crippen LogP contribution in [0.4, 0.5) is 0 Å². The predicted octanol–water partition coefficient (Wildman–Crippen LogP) is 3.15. The maximum atomic E-state index is 6.04. The first kappa shape index (κ1) is 21.2. The van der Waals surface area contributed by atoms with Gasteiger partial charge in [-0.05, 0) is 37.1 Å². The van der Waals surface area contributed by atoms with Crippen molar-refractivity contribution in [3.05, 3.63) is 45.4 Å². The molecule has 2 N–H and O–H groups in total. The van der Waals surface area contributed by atoms with Crippen LogP contribution in [0.15, 0.2) is 34.0 Å². The molecule has 0 saturated heterocycles. The standard InChI is InChI=1S/C15H20BrClN6.HI/c1-3-18-15(20-9-14-21-10-22-23(14)2)19-7-6-11-8-12(17)4-5-13(11)16;/h4-5,8,10H,3,6-7,9H2,1-2H3,(H2,18,19,20);1H. The molecule has 2 rings (SSSR count). The average Bonchev–Trinajstić information content (AvgIpc) is 2.93. The molecule has 132 valence electrons. The van der Waals surface area contributed by atoms with Crippen LogP contribution in [-0.2, 0) is 20.0 Å². The zero-order valence-corrected chi connectivity index (χ0v) is 18.3. The largest absolute Gasteiger partial charge is 0.357 e. The summed E-state index contributed by atoms with van der Waals surface area (Å²) in [4.78, 5) is 8.69. The van der Waals surface area contributed by atoms with Crippen LogP contribution in [0.5, 0.6) is 0 Å². The first-order valence-electron chi connectivity index (χ1n) is 7.39. The van der Waals surface area contributed by atoms with E-state index in [1.165, 1.54) is 6.33 Å². The highest BCUT2D eigenvalue weighted by molar-refractivity contribution is 14.0. The molecule has 0 fully saturated rings. The Hall–Kier alpha value is -0.870. The third-order valence-corrected chi connectivity index (χ3v) is 4.23.